The summed E-state index contributed by atoms with van der Waals surface area (Å²) in [5.41, 5.74) is 3.94. The second-order valence-corrected chi connectivity index (χ2v) is 7.02. The number of nitro benzene ring substituents is 1. The molecule has 1 amide bonds. The number of carbonyl (C=O) groups is 2. The summed E-state index contributed by atoms with van der Waals surface area (Å²) < 4.78 is 4.80. The minimum Gasteiger partial charge on any atom is -0.465 e. The van der Waals surface area contributed by atoms with Crippen molar-refractivity contribution in [3.8, 4) is 0 Å². The van der Waals surface area contributed by atoms with Crippen molar-refractivity contribution in [2.24, 2.45) is 0 Å². The number of nitro groups is 1. The van der Waals surface area contributed by atoms with Crippen molar-refractivity contribution in [2.75, 3.05) is 13.7 Å². The predicted octanol–water partition coefficient (Wildman–Crippen LogP) is 3.37. The van der Waals surface area contributed by atoms with Gasteiger partial charge in [0.1, 0.15) is 0 Å². The normalized spacial score (nSPS) is 13.2. The monoisotopic (exact) mass is 393 g/mol. The van der Waals surface area contributed by atoms with Crippen molar-refractivity contribution in [2.45, 2.75) is 19.9 Å². The molecule has 0 atom stereocenters. The molecule has 2 aromatic carbocycles. The van der Waals surface area contributed by atoms with Crippen LogP contribution in [0.2, 0.25) is 0 Å². The molecule has 3 aromatic rings. The van der Waals surface area contributed by atoms with E-state index in [1.807, 2.05) is 6.07 Å². The minimum atomic E-state index is -0.478. The van der Waals surface area contributed by atoms with Gasteiger partial charge in [-0.1, -0.05) is 6.07 Å². The lowest BCUT2D eigenvalue weighted by atomic mass is 10.0. The van der Waals surface area contributed by atoms with Gasteiger partial charge in [0.05, 0.1) is 17.6 Å². The van der Waals surface area contributed by atoms with Gasteiger partial charge in [0.2, 0.25) is 0 Å². The largest absolute Gasteiger partial charge is 0.465 e. The van der Waals surface area contributed by atoms with E-state index in [0.717, 1.165) is 22.2 Å². The van der Waals surface area contributed by atoms with E-state index in [1.54, 1.807) is 30.0 Å². The van der Waals surface area contributed by atoms with Crippen LogP contribution >= 0.6 is 0 Å². The van der Waals surface area contributed by atoms with Crippen LogP contribution in [0, 0.1) is 17.0 Å². The van der Waals surface area contributed by atoms with Gasteiger partial charge in [-0.2, -0.15) is 0 Å². The summed E-state index contributed by atoms with van der Waals surface area (Å²) in [6, 6.07) is 9.84. The van der Waals surface area contributed by atoms with E-state index in [-0.39, 0.29) is 11.6 Å². The Kier molecular flexibility index (Phi) is 4.54. The van der Waals surface area contributed by atoms with Crippen LogP contribution in [0.25, 0.3) is 10.9 Å². The van der Waals surface area contributed by atoms with Crippen LogP contribution in [0.5, 0.6) is 0 Å². The molecule has 1 N–H and O–H groups in total. The molecule has 8 nitrogen and oxygen atoms in total. The molecule has 1 aliphatic rings. The number of aromatic amines is 1. The lowest BCUT2D eigenvalue weighted by Gasteiger charge is -2.28. The molecule has 0 fully saturated rings. The maximum atomic E-state index is 13.1. The molecule has 1 aromatic heterocycles. The Bertz CT molecular complexity index is 1160. The summed E-state index contributed by atoms with van der Waals surface area (Å²) in [5.74, 6) is -0.659. The number of aromatic nitrogens is 1. The molecule has 2 heterocycles. The summed E-state index contributed by atoms with van der Waals surface area (Å²) >= 11 is 0. The third-order valence-corrected chi connectivity index (χ3v) is 5.42. The summed E-state index contributed by atoms with van der Waals surface area (Å²) in [6.07, 6.45) is 0.636. The van der Waals surface area contributed by atoms with Crippen LogP contribution in [0.4, 0.5) is 5.69 Å². The van der Waals surface area contributed by atoms with Gasteiger partial charge < -0.3 is 14.6 Å². The number of nitrogens with one attached hydrogen (secondary N) is 1. The second-order valence-electron chi connectivity index (χ2n) is 7.02. The summed E-state index contributed by atoms with van der Waals surface area (Å²) in [4.78, 5) is 40.7. The number of methoxy groups -OCH3 is 1. The molecule has 0 bridgehead atoms. The Morgan fingerprint density at radius 1 is 1.24 bits per heavy atom. The number of hydrogen-bond donors (Lipinski definition) is 1. The van der Waals surface area contributed by atoms with Gasteiger partial charge in [-0.25, -0.2) is 4.79 Å². The molecule has 0 spiro atoms. The zero-order valence-electron chi connectivity index (χ0n) is 16.0. The molecule has 0 radical (unpaired) electrons. The zero-order valence-corrected chi connectivity index (χ0v) is 16.0. The number of ether oxygens (including phenoxy) is 1. The van der Waals surface area contributed by atoms with E-state index < -0.39 is 10.9 Å². The molecule has 0 aliphatic carbocycles. The first-order valence-corrected chi connectivity index (χ1v) is 9.15. The number of nitrogens with zero attached hydrogens (tertiary/aromatic N) is 2. The minimum absolute atomic E-state index is 0.0663. The van der Waals surface area contributed by atoms with E-state index in [2.05, 4.69) is 4.98 Å². The fraction of sp³-hybridized carbons (Fsp3) is 0.238. The number of rotatable bonds is 3. The van der Waals surface area contributed by atoms with E-state index in [9.17, 15) is 19.7 Å². The number of H-pyrrole nitrogens is 1. The van der Waals surface area contributed by atoms with Gasteiger partial charge in [-0.15, -0.1) is 0 Å². The first-order valence-electron chi connectivity index (χ1n) is 9.15. The Hall–Kier alpha value is -3.68. The Balaban J connectivity index is 1.69. The third kappa shape index (κ3) is 3.12. The van der Waals surface area contributed by atoms with Gasteiger partial charge in [-0.3, -0.25) is 14.9 Å². The molecule has 0 saturated carbocycles. The summed E-state index contributed by atoms with van der Waals surface area (Å²) in [7, 11) is 1.33. The van der Waals surface area contributed by atoms with Crippen molar-refractivity contribution in [3.05, 3.63) is 74.5 Å². The summed E-state index contributed by atoms with van der Waals surface area (Å²) in [6.45, 7) is 2.46. The second kappa shape index (κ2) is 7.05. The highest BCUT2D eigenvalue weighted by molar-refractivity contribution is 5.98. The maximum absolute atomic E-state index is 13.1. The number of amides is 1. The van der Waals surface area contributed by atoms with Crippen molar-refractivity contribution in [1.29, 1.82) is 0 Å². The maximum Gasteiger partial charge on any atom is 0.337 e. The number of hydrogen-bond acceptors (Lipinski definition) is 5. The van der Waals surface area contributed by atoms with Crippen LogP contribution in [-0.4, -0.2) is 40.3 Å². The third-order valence-electron chi connectivity index (χ3n) is 5.42. The highest BCUT2D eigenvalue weighted by Gasteiger charge is 2.27. The van der Waals surface area contributed by atoms with Crippen LogP contribution in [0.1, 0.15) is 37.5 Å². The van der Waals surface area contributed by atoms with E-state index in [0.29, 0.717) is 36.2 Å². The van der Waals surface area contributed by atoms with Crippen LogP contribution in [0.15, 0.2) is 36.4 Å². The SMILES string of the molecule is COC(=O)c1ccc2[nH]c3c(c2c1)CN(C(=O)c1cccc([N+](=O)[O-])c1C)CC3. The Morgan fingerprint density at radius 2 is 2.03 bits per heavy atom. The van der Waals surface area contributed by atoms with Gasteiger partial charge in [-0.05, 0) is 31.2 Å². The fourth-order valence-electron chi connectivity index (χ4n) is 3.86. The molecular weight excluding hydrogens is 374 g/mol. The molecule has 0 unspecified atom stereocenters. The number of benzene rings is 2. The lowest BCUT2D eigenvalue weighted by molar-refractivity contribution is -0.385. The van der Waals surface area contributed by atoms with Gasteiger partial charge in [0, 0.05) is 58.9 Å². The topological polar surface area (TPSA) is 106 Å². The number of fused-ring (bicyclic) bond motifs is 3. The fourth-order valence-corrected chi connectivity index (χ4v) is 3.86. The predicted molar refractivity (Wildman–Crippen MR) is 106 cm³/mol. The van der Waals surface area contributed by atoms with E-state index in [1.165, 1.54) is 19.2 Å². The smallest absolute Gasteiger partial charge is 0.337 e. The average Bonchev–Trinajstić information content (AvgIpc) is 3.09. The van der Waals surface area contributed by atoms with Crippen LogP contribution in [0.3, 0.4) is 0 Å². The molecule has 29 heavy (non-hydrogen) atoms. The van der Waals surface area contributed by atoms with Crippen molar-refractivity contribution >= 4 is 28.5 Å². The molecular formula is C21H19N3O5. The quantitative estimate of drug-likeness (QED) is 0.417. The van der Waals surface area contributed by atoms with Crippen molar-refractivity contribution in [3.63, 3.8) is 0 Å². The lowest BCUT2D eigenvalue weighted by Crippen LogP contribution is -2.36. The highest BCUT2D eigenvalue weighted by Crippen LogP contribution is 2.30. The molecule has 148 valence electrons. The molecule has 8 heteroatoms. The summed E-state index contributed by atoms with van der Waals surface area (Å²) in [5, 5.41) is 12.1. The zero-order chi connectivity index (χ0) is 20.7. The Labute approximate surface area is 166 Å². The van der Waals surface area contributed by atoms with Gasteiger partial charge in [0.25, 0.3) is 11.6 Å². The van der Waals surface area contributed by atoms with Crippen molar-refractivity contribution < 1.29 is 19.2 Å². The Morgan fingerprint density at radius 3 is 2.76 bits per heavy atom. The standard InChI is InChI=1S/C21H19N3O5/c1-12-14(4-3-5-19(12)24(27)28)20(25)23-9-8-18-16(11-23)15-10-13(21(26)29-2)6-7-17(15)22-18/h3-7,10,22H,8-9,11H2,1-2H3. The highest BCUT2D eigenvalue weighted by atomic mass is 16.6. The van der Waals surface area contributed by atoms with Crippen LogP contribution < -0.4 is 0 Å². The first kappa shape index (κ1) is 18.7. The van der Waals surface area contributed by atoms with E-state index in [4.69, 9.17) is 4.74 Å². The van der Waals surface area contributed by atoms with Crippen LogP contribution in [-0.2, 0) is 17.7 Å². The van der Waals surface area contributed by atoms with Gasteiger partial charge in [0.15, 0.2) is 0 Å². The van der Waals surface area contributed by atoms with Crippen molar-refractivity contribution in [1.82, 2.24) is 9.88 Å². The van der Waals surface area contributed by atoms with Gasteiger partial charge >= 0.3 is 5.97 Å². The molecule has 4 rings (SSSR count). The average molecular weight is 393 g/mol. The first-order chi connectivity index (χ1) is 13.9. The number of carbonyl (C=O) groups excluding carboxylic acids is 2. The molecule has 1 aliphatic heterocycles. The number of esters is 1. The molecule has 0 saturated heterocycles. The van der Waals surface area contributed by atoms with E-state index >= 15 is 0 Å².